The predicted molar refractivity (Wildman–Crippen MR) is 65.3 cm³/mol. The first kappa shape index (κ1) is 10.8. The molecule has 2 N–H and O–H groups in total. The van der Waals surface area contributed by atoms with Crippen molar-refractivity contribution in [2.75, 3.05) is 6.61 Å². The molecule has 2 rings (SSSR count). The van der Waals surface area contributed by atoms with Crippen LogP contribution in [-0.2, 0) is 5.75 Å². The molecule has 1 heterocycles. The Morgan fingerprint density at radius 2 is 2.33 bits per heavy atom. The smallest absolute Gasteiger partial charge is 0.123 e. The van der Waals surface area contributed by atoms with Gasteiger partial charge in [0.05, 0.1) is 6.61 Å². The van der Waals surface area contributed by atoms with Gasteiger partial charge in [-0.05, 0) is 18.6 Å². The molecule has 82 valence electrons. The lowest BCUT2D eigenvalue weighted by Gasteiger charge is -2.29. The lowest BCUT2D eigenvalue weighted by atomic mass is 9.98. The van der Waals surface area contributed by atoms with Crippen molar-refractivity contribution in [1.82, 2.24) is 0 Å². The fourth-order valence-corrected chi connectivity index (χ4v) is 3.00. The number of thioether (sulfide) groups is 1. The molecular formula is C12H17NOS. The number of fused-ring (bicyclic) bond motifs is 1. The van der Waals surface area contributed by atoms with Crippen LogP contribution in [0.25, 0.3) is 0 Å². The minimum Gasteiger partial charge on any atom is -0.494 e. The van der Waals surface area contributed by atoms with Gasteiger partial charge in [-0.2, -0.15) is 11.8 Å². The van der Waals surface area contributed by atoms with Gasteiger partial charge in [-0.3, -0.25) is 0 Å². The van der Waals surface area contributed by atoms with Gasteiger partial charge >= 0.3 is 0 Å². The molecule has 0 bridgehead atoms. The predicted octanol–water partition coefficient (Wildman–Crippen LogP) is 2.72. The zero-order chi connectivity index (χ0) is 10.8. The van der Waals surface area contributed by atoms with E-state index in [0.717, 1.165) is 11.5 Å². The maximum atomic E-state index is 6.18. The second-order valence-corrected chi connectivity index (χ2v) is 5.16. The summed E-state index contributed by atoms with van der Waals surface area (Å²) < 4.78 is 5.62. The van der Waals surface area contributed by atoms with Gasteiger partial charge in [0.25, 0.3) is 0 Å². The van der Waals surface area contributed by atoms with Crippen LogP contribution in [0, 0.1) is 0 Å². The van der Waals surface area contributed by atoms with Crippen molar-refractivity contribution in [2.45, 2.75) is 30.9 Å². The van der Waals surface area contributed by atoms with E-state index in [1.807, 2.05) is 30.8 Å². The highest BCUT2D eigenvalue weighted by molar-refractivity contribution is 7.99. The van der Waals surface area contributed by atoms with Gasteiger partial charge in [-0.25, -0.2) is 0 Å². The fourth-order valence-electron chi connectivity index (χ4n) is 1.91. The number of nitrogens with two attached hydrogens (primary N) is 1. The number of rotatable bonds is 2. The van der Waals surface area contributed by atoms with Crippen molar-refractivity contribution in [1.29, 1.82) is 0 Å². The van der Waals surface area contributed by atoms with E-state index in [9.17, 15) is 0 Å². The second-order valence-electron chi connectivity index (χ2n) is 3.80. The molecule has 1 aromatic rings. The fraction of sp³-hybridized carbons (Fsp3) is 0.500. The summed E-state index contributed by atoms with van der Waals surface area (Å²) in [5.41, 5.74) is 8.72. The van der Waals surface area contributed by atoms with Crippen LogP contribution >= 0.6 is 11.8 Å². The van der Waals surface area contributed by atoms with Crippen LogP contribution in [0.3, 0.4) is 0 Å². The third kappa shape index (κ3) is 1.99. The van der Waals surface area contributed by atoms with Crippen LogP contribution in [0.15, 0.2) is 18.2 Å². The molecule has 0 saturated carbocycles. The Labute approximate surface area is 95.2 Å². The Hall–Kier alpha value is -0.670. The van der Waals surface area contributed by atoms with Crippen LogP contribution in [0.5, 0.6) is 5.75 Å². The van der Waals surface area contributed by atoms with Gasteiger partial charge in [0.15, 0.2) is 0 Å². The zero-order valence-corrected chi connectivity index (χ0v) is 10.0. The Morgan fingerprint density at radius 1 is 1.53 bits per heavy atom. The first-order valence-electron chi connectivity index (χ1n) is 5.35. The molecule has 1 aliphatic heterocycles. The highest BCUT2D eigenvalue weighted by atomic mass is 32.2. The van der Waals surface area contributed by atoms with Crippen molar-refractivity contribution in [3.05, 3.63) is 29.3 Å². The average molecular weight is 223 g/mol. The standard InChI is InChI=1S/C12H17NOS/c1-3-14-11-6-4-5-9-10(11)7-15-8(2)12(9)13/h4-6,8,12H,3,7,13H2,1-2H3. The van der Waals surface area contributed by atoms with Crippen molar-refractivity contribution < 1.29 is 4.74 Å². The summed E-state index contributed by atoms with van der Waals surface area (Å²) in [5.74, 6) is 2.02. The summed E-state index contributed by atoms with van der Waals surface area (Å²) in [7, 11) is 0. The van der Waals surface area contributed by atoms with E-state index in [1.165, 1.54) is 11.1 Å². The van der Waals surface area contributed by atoms with Crippen molar-refractivity contribution in [2.24, 2.45) is 5.73 Å². The molecule has 0 aliphatic carbocycles. The summed E-state index contributed by atoms with van der Waals surface area (Å²) in [6.45, 7) is 4.91. The second kappa shape index (κ2) is 4.45. The van der Waals surface area contributed by atoms with E-state index < -0.39 is 0 Å². The molecule has 15 heavy (non-hydrogen) atoms. The van der Waals surface area contributed by atoms with Crippen LogP contribution in [0.4, 0.5) is 0 Å². The Bertz CT molecular complexity index is 353. The number of hydrogen-bond donors (Lipinski definition) is 1. The monoisotopic (exact) mass is 223 g/mol. The van der Waals surface area contributed by atoms with Gasteiger partial charge in [-0.15, -0.1) is 0 Å². The molecule has 2 nitrogen and oxygen atoms in total. The number of benzene rings is 1. The summed E-state index contributed by atoms with van der Waals surface area (Å²) in [6.07, 6.45) is 0. The van der Waals surface area contributed by atoms with E-state index in [2.05, 4.69) is 13.0 Å². The first-order valence-corrected chi connectivity index (χ1v) is 6.40. The summed E-state index contributed by atoms with van der Waals surface area (Å²) in [6, 6.07) is 6.33. The minimum absolute atomic E-state index is 0.138. The van der Waals surface area contributed by atoms with E-state index >= 15 is 0 Å². The zero-order valence-electron chi connectivity index (χ0n) is 9.19. The molecule has 0 aromatic heterocycles. The van der Waals surface area contributed by atoms with Gasteiger partial charge in [0.2, 0.25) is 0 Å². The topological polar surface area (TPSA) is 35.2 Å². The highest BCUT2D eigenvalue weighted by Crippen LogP contribution is 2.39. The average Bonchev–Trinajstić information content (AvgIpc) is 2.25. The van der Waals surface area contributed by atoms with Gasteiger partial charge in [0, 0.05) is 22.6 Å². The van der Waals surface area contributed by atoms with Crippen molar-refractivity contribution >= 4 is 11.8 Å². The summed E-state index contributed by atoms with van der Waals surface area (Å²) in [5, 5.41) is 0.495. The first-order chi connectivity index (χ1) is 7.24. The molecule has 0 amide bonds. The molecule has 1 aliphatic rings. The molecule has 1 aromatic carbocycles. The van der Waals surface area contributed by atoms with Crippen LogP contribution in [-0.4, -0.2) is 11.9 Å². The SMILES string of the molecule is CCOc1cccc2c1CSC(C)C2N. The summed E-state index contributed by atoms with van der Waals surface area (Å²) >= 11 is 1.90. The van der Waals surface area contributed by atoms with Crippen LogP contribution < -0.4 is 10.5 Å². The number of ether oxygens (including phenoxy) is 1. The summed E-state index contributed by atoms with van der Waals surface area (Å²) in [4.78, 5) is 0. The van der Waals surface area contributed by atoms with E-state index in [0.29, 0.717) is 11.9 Å². The Kier molecular flexibility index (Phi) is 3.22. The highest BCUT2D eigenvalue weighted by Gasteiger charge is 2.25. The molecule has 2 unspecified atom stereocenters. The van der Waals surface area contributed by atoms with Crippen LogP contribution in [0.2, 0.25) is 0 Å². The lowest BCUT2D eigenvalue weighted by molar-refractivity contribution is 0.336. The van der Waals surface area contributed by atoms with E-state index in [1.54, 1.807) is 0 Å². The molecule has 0 radical (unpaired) electrons. The van der Waals surface area contributed by atoms with E-state index in [-0.39, 0.29) is 6.04 Å². The Balaban J connectivity index is 2.39. The lowest BCUT2D eigenvalue weighted by Crippen LogP contribution is -2.26. The molecule has 0 saturated heterocycles. The molecule has 0 spiro atoms. The largest absolute Gasteiger partial charge is 0.494 e. The third-order valence-corrected chi connectivity index (χ3v) is 4.10. The van der Waals surface area contributed by atoms with Gasteiger partial charge in [-0.1, -0.05) is 19.1 Å². The maximum absolute atomic E-state index is 6.18. The van der Waals surface area contributed by atoms with Gasteiger partial charge in [0.1, 0.15) is 5.75 Å². The maximum Gasteiger partial charge on any atom is 0.123 e. The quantitative estimate of drug-likeness (QED) is 0.837. The minimum atomic E-state index is 0.138. The molecule has 0 fully saturated rings. The molecule has 2 atom stereocenters. The van der Waals surface area contributed by atoms with Gasteiger partial charge < -0.3 is 10.5 Å². The molecular weight excluding hydrogens is 206 g/mol. The van der Waals surface area contributed by atoms with Crippen molar-refractivity contribution in [3.8, 4) is 5.75 Å². The Morgan fingerprint density at radius 3 is 3.07 bits per heavy atom. The number of hydrogen-bond acceptors (Lipinski definition) is 3. The van der Waals surface area contributed by atoms with Crippen LogP contribution in [0.1, 0.15) is 31.0 Å². The third-order valence-electron chi connectivity index (χ3n) is 2.82. The molecule has 3 heteroatoms. The normalized spacial score (nSPS) is 24.7. The van der Waals surface area contributed by atoms with E-state index in [4.69, 9.17) is 10.5 Å². The van der Waals surface area contributed by atoms with Crippen molar-refractivity contribution in [3.63, 3.8) is 0 Å².